The Morgan fingerprint density at radius 1 is 1.56 bits per heavy atom. The van der Waals surface area contributed by atoms with Crippen molar-refractivity contribution >= 4 is 5.91 Å². The van der Waals surface area contributed by atoms with Gasteiger partial charge in [-0.15, -0.1) is 0 Å². The highest BCUT2D eigenvalue weighted by Gasteiger charge is 2.36. The quantitative estimate of drug-likeness (QED) is 0.793. The summed E-state index contributed by atoms with van der Waals surface area (Å²) in [4.78, 5) is 13.3. The number of carbonyl (C=O) groups is 1. The summed E-state index contributed by atoms with van der Waals surface area (Å²) in [6.45, 7) is 3.88. The molecule has 1 aliphatic heterocycles. The summed E-state index contributed by atoms with van der Waals surface area (Å²) in [5.74, 6) is -0.229. The third-order valence-corrected chi connectivity index (χ3v) is 3.43. The Labute approximate surface area is 105 Å². The number of amides is 1. The van der Waals surface area contributed by atoms with E-state index in [0.717, 1.165) is 12.5 Å². The van der Waals surface area contributed by atoms with E-state index in [2.05, 4.69) is 0 Å². The molecule has 0 spiro atoms. The van der Waals surface area contributed by atoms with Crippen molar-refractivity contribution in [2.75, 3.05) is 13.1 Å². The van der Waals surface area contributed by atoms with E-state index in [9.17, 15) is 18.0 Å². The summed E-state index contributed by atoms with van der Waals surface area (Å²) in [5, 5.41) is 0. The van der Waals surface area contributed by atoms with Gasteiger partial charge in [-0.3, -0.25) is 4.79 Å². The van der Waals surface area contributed by atoms with Crippen molar-refractivity contribution in [2.24, 2.45) is 11.7 Å². The predicted molar refractivity (Wildman–Crippen MR) is 62.8 cm³/mol. The van der Waals surface area contributed by atoms with E-state index in [-0.39, 0.29) is 31.3 Å². The van der Waals surface area contributed by atoms with Crippen molar-refractivity contribution in [3.8, 4) is 0 Å². The minimum Gasteiger partial charge on any atom is -0.337 e. The Hall–Kier alpha value is -1.04. The molecule has 0 aromatic carbocycles. The lowest BCUT2D eigenvalue weighted by Crippen LogP contribution is -2.48. The zero-order chi connectivity index (χ0) is 13.9. The molecule has 18 heavy (non-hydrogen) atoms. The molecule has 1 aliphatic rings. The minimum absolute atomic E-state index is 0.00217. The van der Waals surface area contributed by atoms with Gasteiger partial charge in [-0.05, 0) is 12.3 Å². The van der Waals surface area contributed by atoms with E-state index in [4.69, 9.17) is 5.73 Å². The molecule has 0 saturated carbocycles. The molecule has 0 aliphatic carbocycles. The van der Waals surface area contributed by atoms with Gasteiger partial charge in [0.05, 0.1) is 6.04 Å². The van der Waals surface area contributed by atoms with Gasteiger partial charge in [0.25, 0.3) is 0 Å². The Kier molecular flexibility index (Phi) is 4.78. The van der Waals surface area contributed by atoms with Crippen LogP contribution in [0.3, 0.4) is 0 Å². The fourth-order valence-electron chi connectivity index (χ4n) is 1.83. The smallest absolute Gasteiger partial charge is 0.337 e. The lowest BCUT2D eigenvalue weighted by molar-refractivity contribution is -0.134. The molecule has 6 heteroatoms. The Morgan fingerprint density at radius 3 is 2.56 bits per heavy atom. The van der Waals surface area contributed by atoms with Crippen LogP contribution < -0.4 is 5.73 Å². The molecule has 3 nitrogen and oxygen atoms in total. The fraction of sp³-hybridized carbons (Fsp3) is 0.750. The highest BCUT2D eigenvalue weighted by Crippen LogP contribution is 2.30. The largest absolute Gasteiger partial charge is 0.412 e. The van der Waals surface area contributed by atoms with E-state index in [0.29, 0.717) is 0 Å². The third kappa shape index (κ3) is 3.48. The lowest BCUT2D eigenvalue weighted by atomic mass is 9.98. The second kappa shape index (κ2) is 5.73. The standard InChI is InChI=1S/C12H19F3N2O/c1-3-8(2)10(16)11(18)17-6-4-9(5-7-17)12(13,14)15/h4,8,10H,3,5-7,16H2,1-2H3. The molecule has 0 aromatic heterocycles. The van der Waals surface area contributed by atoms with Crippen LogP contribution in [0.2, 0.25) is 0 Å². The lowest BCUT2D eigenvalue weighted by Gasteiger charge is -2.30. The maximum Gasteiger partial charge on any atom is 0.412 e. The van der Waals surface area contributed by atoms with Crippen molar-refractivity contribution in [1.29, 1.82) is 0 Å². The molecule has 0 radical (unpaired) electrons. The van der Waals surface area contributed by atoms with Crippen LogP contribution in [0.5, 0.6) is 0 Å². The first-order valence-corrected chi connectivity index (χ1v) is 6.08. The molecular weight excluding hydrogens is 245 g/mol. The maximum atomic E-state index is 12.4. The van der Waals surface area contributed by atoms with Crippen molar-refractivity contribution in [1.82, 2.24) is 4.90 Å². The predicted octanol–water partition coefficient (Wildman–Crippen LogP) is 2.08. The van der Waals surface area contributed by atoms with Gasteiger partial charge < -0.3 is 10.6 Å². The number of nitrogens with zero attached hydrogens (tertiary/aromatic N) is 1. The summed E-state index contributed by atoms with van der Waals surface area (Å²) >= 11 is 0. The number of rotatable bonds is 3. The third-order valence-electron chi connectivity index (χ3n) is 3.43. The van der Waals surface area contributed by atoms with E-state index < -0.39 is 17.8 Å². The van der Waals surface area contributed by atoms with Crippen LogP contribution in [-0.4, -0.2) is 36.1 Å². The van der Waals surface area contributed by atoms with Crippen LogP contribution in [0.1, 0.15) is 26.7 Å². The summed E-state index contributed by atoms with van der Waals surface area (Å²) in [5.41, 5.74) is 5.24. The zero-order valence-electron chi connectivity index (χ0n) is 10.6. The molecule has 2 atom stereocenters. The Morgan fingerprint density at radius 2 is 2.17 bits per heavy atom. The minimum atomic E-state index is -4.28. The summed E-state index contributed by atoms with van der Waals surface area (Å²) in [6.07, 6.45) is -2.59. The normalized spacial score (nSPS) is 20.3. The number of halogens is 3. The van der Waals surface area contributed by atoms with Gasteiger partial charge >= 0.3 is 6.18 Å². The first-order valence-electron chi connectivity index (χ1n) is 6.08. The zero-order valence-corrected chi connectivity index (χ0v) is 10.6. The monoisotopic (exact) mass is 264 g/mol. The SMILES string of the molecule is CCC(C)C(N)C(=O)N1CC=C(C(F)(F)F)CC1. The van der Waals surface area contributed by atoms with Crippen molar-refractivity contribution < 1.29 is 18.0 Å². The molecule has 0 saturated heterocycles. The van der Waals surface area contributed by atoms with Crippen LogP contribution in [0.15, 0.2) is 11.6 Å². The highest BCUT2D eigenvalue weighted by atomic mass is 19.4. The topological polar surface area (TPSA) is 46.3 Å². The molecular formula is C12H19F3N2O. The van der Waals surface area contributed by atoms with Gasteiger partial charge in [0, 0.05) is 18.7 Å². The summed E-state index contributed by atoms with van der Waals surface area (Å²) < 4.78 is 37.2. The average Bonchev–Trinajstić information content (AvgIpc) is 2.35. The van der Waals surface area contributed by atoms with Crippen LogP contribution in [0.4, 0.5) is 13.2 Å². The van der Waals surface area contributed by atoms with Crippen LogP contribution >= 0.6 is 0 Å². The van der Waals surface area contributed by atoms with E-state index in [1.165, 1.54) is 4.90 Å². The van der Waals surface area contributed by atoms with Gasteiger partial charge in [0.2, 0.25) is 5.91 Å². The van der Waals surface area contributed by atoms with E-state index >= 15 is 0 Å². The van der Waals surface area contributed by atoms with E-state index in [1.807, 2.05) is 13.8 Å². The number of alkyl halides is 3. The molecule has 0 bridgehead atoms. The summed E-state index contributed by atoms with van der Waals surface area (Å²) in [7, 11) is 0. The van der Waals surface area contributed by atoms with Gasteiger partial charge in [0.1, 0.15) is 0 Å². The van der Waals surface area contributed by atoms with Crippen LogP contribution in [0, 0.1) is 5.92 Å². The molecule has 1 rings (SSSR count). The number of nitrogens with two attached hydrogens (primary N) is 1. The van der Waals surface area contributed by atoms with Crippen LogP contribution in [-0.2, 0) is 4.79 Å². The first kappa shape index (κ1) is 15.0. The Balaban J connectivity index is 2.63. The first-order chi connectivity index (χ1) is 8.27. The molecule has 0 aromatic rings. The average molecular weight is 264 g/mol. The molecule has 2 unspecified atom stereocenters. The molecule has 1 heterocycles. The second-order valence-corrected chi connectivity index (χ2v) is 4.67. The van der Waals surface area contributed by atoms with Crippen molar-refractivity contribution in [3.63, 3.8) is 0 Å². The molecule has 2 N–H and O–H groups in total. The Bertz CT molecular complexity index is 339. The highest BCUT2D eigenvalue weighted by molar-refractivity contribution is 5.82. The fourth-order valence-corrected chi connectivity index (χ4v) is 1.83. The van der Waals surface area contributed by atoms with Gasteiger partial charge in [-0.1, -0.05) is 26.3 Å². The second-order valence-electron chi connectivity index (χ2n) is 4.67. The summed E-state index contributed by atoms with van der Waals surface area (Å²) in [6, 6.07) is -0.629. The van der Waals surface area contributed by atoms with Gasteiger partial charge in [0.15, 0.2) is 0 Å². The van der Waals surface area contributed by atoms with Crippen molar-refractivity contribution in [3.05, 3.63) is 11.6 Å². The molecule has 1 amide bonds. The number of hydrogen-bond donors (Lipinski definition) is 1. The molecule has 104 valence electrons. The van der Waals surface area contributed by atoms with Crippen LogP contribution in [0.25, 0.3) is 0 Å². The maximum absolute atomic E-state index is 12.4. The van der Waals surface area contributed by atoms with Crippen molar-refractivity contribution in [2.45, 2.75) is 38.9 Å². The molecule has 0 fully saturated rings. The number of carbonyl (C=O) groups excluding carboxylic acids is 1. The van der Waals surface area contributed by atoms with Gasteiger partial charge in [-0.2, -0.15) is 13.2 Å². The van der Waals surface area contributed by atoms with E-state index in [1.54, 1.807) is 0 Å². The number of hydrogen-bond acceptors (Lipinski definition) is 2. The van der Waals surface area contributed by atoms with Gasteiger partial charge in [-0.25, -0.2) is 0 Å².